The first-order valence-electron chi connectivity index (χ1n) is 11.2. The van der Waals surface area contributed by atoms with Gasteiger partial charge in [-0.05, 0) is 59.7 Å². The van der Waals surface area contributed by atoms with E-state index in [1.54, 1.807) is 28.4 Å². The van der Waals surface area contributed by atoms with Gasteiger partial charge in [0.05, 0.1) is 18.3 Å². The number of carbonyl (C=O) groups excluding carboxylic acids is 2. The predicted octanol–water partition coefficient (Wildman–Crippen LogP) is 6.56. The largest absolute Gasteiger partial charge is 0.333 e. The Morgan fingerprint density at radius 3 is 2.65 bits per heavy atom. The van der Waals surface area contributed by atoms with Crippen LogP contribution in [0.25, 0.3) is 0 Å². The van der Waals surface area contributed by atoms with Crippen LogP contribution in [0.2, 0.25) is 10.0 Å². The lowest BCUT2D eigenvalue weighted by Gasteiger charge is -2.38. The molecular weight excluding hydrogens is 507 g/mol. The number of hydrogen-bond acceptors (Lipinski definition) is 4. The predicted molar refractivity (Wildman–Crippen MR) is 142 cm³/mol. The number of thiophene rings is 1. The molecule has 0 aliphatic carbocycles. The van der Waals surface area contributed by atoms with E-state index in [9.17, 15) is 9.59 Å². The molecule has 8 heteroatoms. The van der Waals surface area contributed by atoms with Crippen LogP contribution in [-0.4, -0.2) is 47.0 Å². The zero-order chi connectivity index (χ0) is 24.1. The summed E-state index contributed by atoms with van der Waals surface area (Å²) in [6.07, 6.45) is 1.59. The molecule has 4 rings (SSSR count). The molecule has 178 valence electrons. The Bertz CT molecular complexity index is 1150. The number of hydrogen-bond donors (Lipinski definition) is 0. The molecule has 1 atom stereocenters. The lowest BCUT2D eigenvalue weighted by molar-refractivity contribution is -0.140. The molecule has 0 fully saturated rings. The fourth-order valence-electron chi connectivity index (χ4n) is 4.21. The van der Waals surface area contributed by atoms with Gasteiger partial charge in [-0.25, -0.2) is 0 Å². The smallest absolute Gasteiger partial charge is 0.242 e. The first-order valence-corrected chi connectivity index (χ1v) is 13.9. The second-order valence-electron chi connectivity index (χ2n) is 8.12. The first kappa shape index (κ1) is 25.1. The summed E-state index contributed by atoms with van der Waals surface area (Å²) >= 11 is 15.9. The summed E-state index contributed by atoms with van der Waals surface area (Å²) in [6.45, 7) is 3.21. The molecule has 2 heterocycles. The number of thioether (sulfide) groups is 1. The maximum absolute atomic E-state index is 13.6. The van der Waals surface area contributed by atoms with Crippen LogP contribution in [0.15, 0.2) is 64.9 Å². The molecule has 1 aliphatic rings. The van der Waals surface area contributed by atoms with Gasteiger partial charge in [0, 0.05) is 32.9 Å². The van der Waals surface area contributed by atoms with Crippen molar-refractivity contribution in [2.24, 2.45) is 0 Å². The summed E-state index contributed by atoms with van der Waals surface area (Å²) in [6, 6.07) is 17.0. The fourth-order valence-corrected chi connectivity index (χ4v) is 6.45. The molecule has 0 spiro atoms. The molecule has 2 aromatic carbocycles. The zero-order valence-corrected chi connectivity index (χ0v) is 22.0. The third-order valence-electron chi connectivity index (χ3n) is 5.82. The molecule has 2 amide bonds. The maximum Gasteiger partial charge on any atom is 0.242 e. The van der Waals surface area contributed by atoms with E-state index in [1.165, 1.54) is 16.6 Å². The topological polar surface area (TPSA) is 40.6 Å². The van der Waals surface area contributed by atoms with E-state index in [1.807, 2.05) is 48.2 Å². The van der Waals surface area contributed by atoms with E-state index < -0.39 is 0 Å². The fraction of sp³-hybridized carbons (Fsp3) is 0.308. The minimum absolute atomic E-state index is 0.0293. The van der Waals surface area contributed by atoms with Crippen molar-refractivity contribution in [3.8, 4) is 0 Å². The Balaban J connectivity index is 1.53. The highest BCUT2D eigenvalue weighted by Gasteiger charge is 2.35. The van der Waals surface area contributed by atoms with E-state index in [0.29, 0.717) is 28.9 Å². The quantitative estimate of drug-likeness (QED) is 0.308. The van der Waals surface area contributed by atoms with Crippen molar-refractivity contribution in [2.75, 3.05) is 25.4 Å². The molecule has 0 saturated heterocycles. The van der Waals surface area contributed by atoms with Gasteiger partial charge in [-0.3, -0.25) is 9.59 Å². The number of halogens is 2. The lowest BCUT2D eigenvalue weighted by Crippen LogP contribution is -2.47. The lowest BCUT2D eigenvalue weighted by atomic mass is 9.93. The van der Waals surface area contributed by atoms with E-state index in [2.05, 4.69) is 11.4 Å². The van der Waals surface area contributed by atoms with Crippen molar-refractivity contribution in [3.63, 3.8) is 0 Å². The number of benzene rings is 2. The van der Waals surface area contributed by atoms with Gasteiger partial charge in [0.15, 0.2) is 0 Å². The van der Waals surface area contributed by atoms with Crippen molar-refractivity contribution in [3.05, 3.63) is 86.0 Å². The molecule has 3 aromatic rings. The minimum atomic E-state index is -0.287. The van der Waals surface area contributed by atoms with E-state index >= 15 is 0 Å². The Kier molecular flexibility index (Phi) is 8.59. The second kappa shape index (κ2) is 11.6. The number of amides is 2. The number of nitrogens with zero attached hydrogens (tertiary/aromatic N) is 2. The molecule has 34 heavy (non-hydrogen) atoms. The van der Waals surface area contributed by atoms with E-state index in [-0.39, 0.29) is 24.4 Å². The van der Waals surface area contributed by atoms with Crippen molar-refractivity contribution >= 4 is 58.1 Å². The van der Waals surface area contributed by atoms with Crippen molar-refractivity contribution in [2.45, 2.75) is 30.7 Å². The third-order valence-corrected chi connectivity index (χ3v) is 8.38. The summed E-state index contributed by atoms with van der Waals surface area (Å²) in [5.41, 5.74) is 1.95. The summed E-state index contributed by atoms with van der Waals surface area (Å²) < 4.78 is 0. The second-order valence-corrected chi connectivity index (χ2v) is 11.0. The van der Waals surface area contributed by atoms with Gasteiger partial charge in [-0.2, -0.15) is 0 Å². The highest BCUT2D eigenvalue weighted by molar-refractivity contribution is 8.00. The van der Waals surface area contributed by atoms with Crippen LogP contribution in [0.4, 0.5) is 0 Å². The molecule has 1 unspecified atom stereocenters. The standard InChI is InChI=1S/C26H26Cl2N2O2S2/c1-2-12-29(25(32)17-34-19-6-4-3-5-7-19)16-24(31)30-13-10-23-21(11-14-33-23)26(30)20-9-8-18(27)15-22(20)28/h3-9,11,14-15,26H,2,10,12-13,16-17H2,1H3. The molecule has 0 N–H and O–H groups in total. The van der Waals surface area contributed by atoms with E-state index in [0.717, 1.165) is 28.9 Å². The van der Waals surface area contributed by atoms with Crippen LogP contribution >= 0.6 is 46.3 Å². The van der Waals surface area contributed by atoms with Crippen LogP contribution < -0.4 is 0 Å². The van der Waals surface area contributed by atoms with Crippen LogP contribution in [-0.2, 0) is 16.0 Å². The van der Waals surface area contributed by atoms with Gasteiger partial charge in [-0.1, -0.05) is 54.4 Å². The van der Waals surface area contributed by atoms with Gasteiger partial charge in [0.2, 0.25) is 11.8 Å². The average molecular weight is 534 g/mol. The summed E-state index contributed by atoms with van der Waals surface area (Å²) in [7, 11) is 0. The van der Waals surface area contributed by atoms with Crippen LogP contribution in [0, 0.1) is 0 Å². The highest BCUT2D eigenvalue weighted by atomic mass is 35.5. The van der Waals surface area contributed by atoms with Crippen molar-refractivity contribution in [1.29, 1.82) is 0 Å². The SMILES string of the molecule is CCCN(CC(=O)N1CCc2sccc2C1c1ccc(Cl)cc1Cl)C(=O)CSc1ccccc1. The normalized spacial score (nSPS) is 15.1. The Morgan fingerprint density at radius 2 is 1.91 bits per heavy atom. The third kappa shape index (κ3) is 5.80. The van der Waals surface area contributed by atoms with Crippen LogP contribution in [0.1, 0.15) is 35.4 Å². The molecule has 0 radical (unpaired) electrons. The van der Waals surface area contributed by atoms with Crippen LogP contribution in [0.3, 0.4) is 0 Å². The number of fused-ring (bicyclic) bond motifs is 1. The van der Waals surface area contributed by atoms with Crippen LogP contribution in [0.5, 0.6) is 0 Å². The molecular formula is C26H26Cl2N2O2S2. The summed E-state index contributed by atoms with van der Waals surface area (Å²) in [4.78, 5) is 32.5. The Morgan fingerprint density at radius 1 is 1.12 bits per heavy atom. The van der Waals surface area contributed by atoms with Crippen molar-refractivity contribution < 1.29 is 9.59 Å². The molecule has 0 saturated carbocycles. The number of carbonyl (C=O) groups is 2. The van der Waals surface area contributed by atoms with Gasteiger partial charge in [-0.15, -0.1) is 23.1 Å². The highest BCUT2D eigenvalue weighted by Crippen LogP contribution is 2.41. The summed E-state index contributed by atoms with van der Waals surface area (Å²) in [5.74, 6) is 0.205. The van der Waals surface area contributed by atoms with Gasteiger partial charge in [0.25, 0.3) is 0 Å². The Labute approximate surface area is 218 Å². The molecule has 1 aromatic heterocycles. The molecule has 0 bridgehead atoms. The first-order chi connectivity index (χ1) is 16.5. The Hall–Kier alpha value is -1.99. The zero-order valence-electron chi connectivity index (χ0n) is 18.9. The summed E-state index contributed by atoms with van der Waals surface area (Å²) in [5, 5.41) is 3.15. The van der Waals surface area contributed by atoms with Gasteiger partial charge < -0.3 is 9.80 Å². The molecule has 4 nitrogen and oxygen atoms in total. The minimum Gasteiger partial charge on any atom is -0.333 e. The average Bonchev–Trinajstić information content (AvgIpc) is 3.31. The van der Waals surface area contributed by atoms with Gasteiger partial charge in [0.1, 0.15) is 0 Å². The number of rotatable bonds is 8. The monoisotopic (exact) mass is 532 g/mol. The molecule has 1 aliphatic heterocycles. The van der Waals surface area contributed by atoms with E-state index in [4.69, 9.17) is 23.2 Å². The van der Waals surface area contributed by atoms with Gasteiger partial charge >= 0.3 is 0 Å². The maximum atomic E-state index is 13.6. The van der Waals surface area contributed by atoms with Crippen molar-refractivity contribution in [1.82, 2.24) is 9.80 Å².